The van der Waals surface area contributed by atoms with E-state index in [2.05, 4.69) is 39.3 Å². The number of halogens is 1. The van der Waals surface area contributed by atoms with Crippen molar-refractivity contribution in [3.05, 3.63) is 53.5 Å². The number of likely N-dealkylation sites (N-methyl/N-ethyl adjacent to an activating group) is 1. The molecule has 0 N–H and O–H groups in total. The number of ether oxygens (including phenoxy) is 1. The van der Waals surface area contributed by atoms with Crippen LogP contribution in [0.5, 0.6) is 0 Å². The zero-order valence-corrected chi connectivity index (χ0v) is 25.9. The molecule has 2 aromatic rings. The second-order valence-corrected chi connectivity index (χ2v) is 12.5. The molecule has 234 valence electrons. The van der Waals surface area contributed by atoms with Crippen molar-refractivity contribution >= 4 is 23.4 Å². The third kappa shape index (κ3) is 5.97. The Bertz CT molecular complexity index is 1420. The van der Waals surface area contributed by atoms with Crippen LogP contribution in [0.3, 0.4) is 0 Å². The Hall–Kier alpha value is -3.75. The molecule has 2 unspecified atom stereocenters. The summed E-state index contributed by atoms with van der Waals surface area (Å²) < 4.78 is 19.6. The number of aryl methyl sites for hydroxylation is 1. The van der Waals surface area contributed by atoms with Crippen LogP contribution in [0.25, 0.3) is 0 Å². The fraction of sp³-hybridized carbons (Fsp3) is 0.576. The predicted molar refractivity (Wildman–Crippen MR) is 169 cm³/mol. The number of anilines is 3. The number of piperazine rings is 1. The molecule has 10 nitrogen and oxygen atoms in total. The van der Waals surface area contributed by atoms with E-state index in [0.717, 1.165) is 87.0 Å². The van der Waals surface area contributed by atoms with Crippen LogP contribution < -0.4 is 14.7 Å². The monoisotopic (exact) mass is 602 g/mol. The van der Waals surface area contributed by atoms with Crippen LogP contribution in [0.4, 0.5) is 21.8 Å². The summed E-state index contributed by atoms with van der Waals surface area (Å²) in [7, 11) is 3.85. The first-order valence-corrected chi connectivity index (χ1v) is 15.8. The van der Waals surface area contributed by atoms with E-state index >= 15 is 0 Å². The molecule has 3 aliphatic heterocycles. The van der Waals surface area contributed by atoms with Gasteiger partial charge in [-0.15, -0.1) is 0 Å². The summed E-state index contributed by atoms with van der Waals surface area (Å²) in [6.07, 6.45) is 6.16. The SMILES string of the molecule is C=CC(=O)N1CCN(c2nc(N3CC(N(C)CCOC)C3)nc3c2CCC(N2CCCc4ccc(F)cc42)C3)CC1CC#N. The van der Waals surface area contributed by atoms with Gasteiger partial charge in [-0.3, -0.25) is 9.69 Å². The van der Waals surface area contributed by atoms with Crippen LogP contribution in [-0.2, 0) is 28.8 Å². The maximum atomic E-state index is 14.3. The zero-order chi connectivity index (χ0) is 30.8. The molecule has 44 heavy (non-hydrogen) atoms. The molecule has 0 spiro atoms. The number of amides is 1. The highest BCUT2D eigenvalue weighted by Gasteiger charge is 2.37. The summed E-state index contributed by atoms with van der Waals surface area (Å²) in [6.45, 7) is 9.53. The fourth-order valence-electron chi connectivity index (χ4n) is 7.24. The van der Waals surface area contributed by atoms with E-state index in [1.54, 1.807) is 24.1 Å². The van der Waals surface area contributed by atoms with Crippen LogP contribution in [0.15, 0.2) is 30.9 Å². The van der Waals surface area contributed by atoms with Gasteiger partial charge in [0.25, 0.3) is 0 Å². The lowest BCUT2D eigenvalue weighted by atomic mass is 9.88. The van der Waals surface area contributed by atoms with E-state index in [0.29, 0.717) is 32.3 Å². The summed E-state index contributed by atoms with van der Waals surface area (Å²) in [5, 5.41) is 9.56. The first-order chi connectivity index (χ1) is 21.4. The zero-order valence-electron chi connectivity index (χ0n) is 25.9. The number of hydrogen-bond donors (Lipinski definition) is 0. The van der Waals surface area contributed by atoms with Gasteiger partial charge in [0.05, 0.1) is 30.8 Å². The van der Waals surface area contributed by atoms with Crippen LogP contribution in [0.2, 0.25) is 0 Å². The Labute approximate surface area is 259 Å². The van der Waals surface area contributed by atoms with Crippen molar-refractivity contribution in [3.8, 4) is 6.07 Å². The van der Waals surface area contributed by atoms with Gasteiger partial charge < -0.3 is 24.3 Å². The van der Waals surface area contributed by atoms with Crippen molar-refractivity contribution < 1.29 is 13.9 Å². The number of aromatic nitrogens is 2. The summed E-state index contributed by atoms with van der Waals surface area (Å²) >= 11 is 0. The number of nitrogens with zero attached hydrogens (tertiary/aromatic N) is 8. The predicted octanol–water partition coefficient (Wildman–Crippen LogP) is 2.81. The number of benzene rings is 1. The average Bonchev–Trinajstić information content (AvgIpc) is 3.01. The Morgan fingerprint density at radius 2 is 2.05 bits per heavy atom. The molecule has 0 radical (unpaired) electrons. The van der Waals surface area contributed by atoms with Gasteiger partial charge in [0.15, 0.2) is 0 Å². The molecule has 1 aliphatic carbocycles. The van der Waals surface area contributed by atoms with Crippen LogP contribution >= 0.6 is 0 Å². The Morgan fingerprint density at radius 3 is 2.82 bits per heavy atom. The lowest BCUT2D eigenvalue weighted by molar-refractivity contribution is -0.128. The van der Waals surface area contributed by atoms with E-state index < -0.39 is 0 Å². The summed E-state index contributed by atoms with van der Waals surface area (Å²) in [4.78, 5) is 33.9. The first-order valence-electron chi connectivity index (χ1n) is 15.8. The number of nitriles is 1. The molecule has 11 heteroatoms. The maximum Gasteiger partial charge on any atom is 0.246 e. The van der Waals surface area contributed by atoms with Crippen molar-refractivity contribution in [2.45, 2.75) is 56.7 Å². The highest BCUT2D eigenvalue weighted by molar-refractivity contribution is 5.87. The minimum absolute atomic E-state index is 0.138. The molecule has 0 bridgehead atoms. The standard InChI is InChI=1S/C33H43FN8O2/c1-4-31(43)42-15-14-39(20-26(42)11-12-35)32-28-10-9-25(41-13-5-6-23-7-8-24(34)18-30(23)41)19-29(28)36-33(37-32)40-21-27(22-40)38(2)16-17-44-3/h4,7-8,18,25-27H,1,5-6,9-11,13-17,19-22H2,2-3H3. The molecule has 1 aromatic carbocycles. The number of rotatable bonds is 9. The molecule has 2 atom stereocenters. The van der Waals surface area contributed by atoms with Crippen LogP contribution in [0.1, 0.15) is 36.1 Å². The molecule has 2 saturated heterocycles. The van der Waals surface area contributed by atoms with Gasteiger partial charge >= 0.3 is 0 Å². The Kier molecular flexibility index (Phi) is 9.01. The lowest BCUT2D eigenvalue weighted by Gasteiger charge is -2.46. The highest BCUT2D eigenvalue weighted by atomic mass is 19.1. The molecular formula is C33H43FN8O2. The summed E-state index contributed by atoms with van der Waals surface area (Å²) in [5.74, 6) is 1.34. The summed E-state index contributed by atoms with van der Waals surface area (Å²) in [6, 6.07) is 7.88. The van der Waals surface area contributed by atoms with E-state index in [4.69, 9.17) is 14.7 Å². The quantitative estimate of drug-likeness (QED) is 0.402. The van der Waals surface area contributed by atoms with Crippen molar-refractivity contribution in [1.82, 2.24) is 19.8 Å². The number of carbonyl (C=O) groups is 1. The fourth-order valence-corrected chi connectivity index (χ4v) is 7.24. The average molecular weight is 603 g/mol. The topological polar surface area (TPSA) is 92.1 Å². The van der Waals surface area contributed by atoms with Gasteiger partial charge in [0.2, 0.25) is 11.9 Å². The number of fused-ring (bicyclic) bond motifs is 2. The molecule has 1 aromatic heterocycles. The molecule has 4 heterocycles. The maximum absolute atomic E-state index is 14.3. The molecule has 1 amide bonds. The van der Waals surface area contributed by atoms with Crippen molar-refractivity contribution in [3.63, 3.8) is 0 Å². The van der Waals surface area contributed by atoms with Crippen LogP contribution in [0, 0.1) is 17.1 Å². The first kappa shape index (κ1) is 30.3. The number of carbonyl (C=O) groups excluding carboxylic acids is 1. The van der Waals surface area contributed by atoms with E-state index in [-0.39, 0.29) is 30.2 Å². The van der Waals surface area contributed by atoms with Gasteiger partial charge in [-0.25, -0.2) is 9.37 Å². The van der Waals surface area contributed by atoms with Gasteiger partial charge in [-0.05, 0) is 56.5 Å². The van der Waals surface area contributed by atoms with Crippen molar-refractivity contribution in [2.24, 2.45) is 0 Å². The van der Waals surface area contributed by atoms with E-state index in [1.165, 1.54) is 11.6 Å². The van der Waals surface area contributed by atoms with Crippen molar-refractivity contribution in [2.75, 3.05) is 81.3 Å². The minimum atomic E-state index is -0.229. The number of methoxy groups -OCH3 is 1. The Balaban J connectivity index is 1.29. The van der Waals surface area contributed by atoms with Crippen molar-refractivity contribution in [1.29, 1.82) is 5.26 Å². The third-order valence-corrected chi connectivity index (χ3v) is 9.84. The molecule has 4 aliphatic rings. The lowest BCUT2D eigenvalue weighted by Crippen LogP contribution is -2.59. The van der Waals surface area contributed by atoms with E-state index in [1.807, 2.05) is 6.07 Å². The molecule has 6 rings (SSSR count). The van der Waals surface area contributed by atoms with Crippen LogP contribution in [-0.4, -0.2) is 110 Å². The number of hydrogen-bond acceptors (Lipinski definition) is 9. The second kappa shape index (κ2) is 13.1. The second-order valence-electron chi connectivity index (χ2n) is 12.5. The molecule has 0 saturated carbocycles. The smallest absolute Gasteiger partial charge is 0.246 e. The largest absolute Gasteiger partial charge is 0.383 e. The van der Waals surface area contributed by atoms with E-state index in [9.17, 15) is 14.4 Å². The third-order valence-electron chi connectivity index (χ3n) is 9.84. The molecular weight excluding hydrogens is 559 g/mol. The molecule has 2 fully saturated rings. The van der Waals surface area contributed by atoms with Gasteiger partial charge in [-0.1, -0.05) is 12.6 Å². The highest BCUT2D eigenvalue weighted by Crippen LogP contribution is 2.37. The van der Waals surface area contributed by atoms with Gasteiger partial charge in [0.1, 0.15) is 11.6 Å². The van der Waals surface area contributed by atoms with Gasteiger partial charge in [-0.2, -0.15) is 10.2 Å². The minimum Gasteiger partial charge on any atom is -0.383 e. The van der Waals surface area contributed by atoms with Gasteiger partial charge in [0, 0.05) is 82.7 Å². The normalized spacial score (nSPS) is 21.9. The Morgan fingerprint density at radius 1 is 1.20 bits per heavy atom. The summed E-state index contributed by atoms with van der Waals surface area (Å²) in [5.41, 5.74) is 4.45.